The third-order valence-electron chi connectivity index (χ3n) is 3.47. The summed E-state index contributed by atoms with van der Waals surface area (Å²) in [5.74, 6) is 0.990. The van der Waals surface area contributed by atoms with Crippen molar-refractivity contribution in [1.29, 1.82) is 0 Å². The maximum atomic E-state index is 12.2. The number of nitrogens with two attached hydrogens (primary N) is 1. The van der Waals surface area contributed by atoms with Gasteiger partial charge < -0.3 is 11.1 Å². The molecule has 5 heteroatoms. The van der Waals surface area contributed by atoms with Gasteiger partial charge in [0.1, 0.15) is 0 Å². The monoisotopic (exact) mass is 279 g/mol. The van der Waals surface area contributed by atoms with Gasteiger partial charge in [0, 0.05) is 28.9 Å². The topological polar surface area (TPSA) is 68.0 Å². The van der Waals surface area contributed by atoms with Crippen LogP contribution in [0.5, 0.6) is 0 Å². The second-order valence-electron chi connectivity index (χ2n) is 4.92. The number of hydrogen-bond acceptors (Lipinski definition) is 4. The smallest absolute Gasteiger partial charge is 0.255 e. The van der Waals surface area contributed by atoms with Gasteiger partial charge in [0.2, 0.25) is 0 Å². The molecule has 4 nitrogen and oxygen atoms in total. The lowest BCUT2D eigenvalue weighted by atomic mass is 10.1. The highest BCUT2D eigenvalue weighted by Crippen LogP contribution is 2.30. The van der Waals surface area contributed by atoms with Gasteiger partial charge in [0.25, 0.3) is 5.91 Å². The average molecular weight is 279 g/mol. The summed E-state index contributed by atoms with van der Waals surface area (Å²) in [5.41, 5.74) is 7.70. The maximum Gasteiger partial charge on any atom is 0.255 e. The van der Waals surface area contributed by atoms with Crippen LogP contribution in [0.2, 0.25) is 0 Å². The second kappa shape index (κ2) is 6.28. The fourth-order valence-corrected chi connectivity index (χ4v) is 3.72. The first-order valence-electron chi connectivity index (χ1n) is 6.76. The van der Waals surface area contributed by atoms with E-state index in [2.05, 4.69) is 17.2 Å². The zero-order chi connectivity index (χ0) is 13.8. The van der Waals surface area contributed by atoms with Crippen molar-refractivity contribution in [3.05, 3.63) is 23.5 Å². The van der Waals surface area contributed by atoms with Crippen molar-refractivity contribution < 1.29 is 4.79 Å². The molecule has 0 spiro atoms. The summed E-state index contributed by atoms with van der Waals surface area (Å²) in [4.78, 5) is 16.4. The molecule has 1 aliphatic rings. The molecule has 1 aromatic heterocycles. The lowest BCUT2D eigenvalue weighted by molar-refractivity contribution is 0.0939. The molecule has 0 saturated heterocycles. The molecule has 104 valence electrons. The van der Waals surface area contributed by atoms with E-state index >= 15 is 0 Å². The third kappa shape index (κ3) is 3.41. The highest BCUT2D eigenvalue weighted by molar-refractivity contribution is 7.99. The van der Waals surface area contributed by atoms with Gasteiger partial charge in [-0.3, -0.25) is 9.78 Å². The Balaban J connectivity index is 2.04. The standard InChI is InChI=1S/C14H21N3OS/c1-3-19-13-6-4-5-12(13)17-14(18)10-8-16-9(2)7-11(10)15/h7-8,12-13H,3-6H2,1-2H3,(H2,15,16)(H,17,18). The predicted molar refractivity (Wildman–Crippen MR) is 80.4 cm³/mol. The quantitative estimate of drug-likeness (QED) is 0.888. The van der Waals surface area contributed by atoms with Crippen molar-refractivity contribution in [3.63, 3.8) is 0 Å². The lowest BCUT2D eigenvalue weighted by Gasteiger charge is -2.20. The van der Waals surface area contributed by atoms with Gasteiger partial charge in [0.15, 0.2) is 0 Å². The normalized spacial score (nSPS) is 22.4. The average Bonchev–Trinajstić information content (AvgIpc) is 2.77. The van der Waals surface area contributed by atoms with Crippen LogP contribution < -0.4 is 11.1 Å². The molecule has 2 rings (SSSR count). The Hall–Kier alpha value is -1.23. The van der Waals surface area contributed by atoms with E-state index < -0.39 is 0 Å². The molecule has 0 aliphatic heterocycles. The summed E-state index contributed by atoms with van der Waals surface area (Å²) < 4.78 is 0. The molecule has 0 aromatic carbocycles. The summed E-state index contributed by atoms with van der Waals surface area (Å²) >= 11 is 1.93. The van der Waals surface area contributed by atoms with Crippen LogP contribution in [0.4, 0.5) is 5.69 Å². The Morgan fingerprint density at radius 3 is 3.05 bits per heavy atom. The van der Waals surface area contributed by atoms with Crippen molar-refractivity contribution in [2.75, 3.05) is 11.5 Å². The number of aryl methyl sites for hydroxylation is 1. The molecule has 1 amide bonds. The number of thioether (sulfide) groups is 1. The van der Waals surface area contributed by atoms with Crippen LogP contribution in [-0.2, 0) is 0 Å². The highest BCUT2D eigenvalue weighted by Gasteiger charge is 2.29. The van der Waals surface area contributed by atoms with Gasteiger partial charge in [-0.25, -0.2) is 0 Å². The number of amides is 1. The van der Waals surface area contributed by atoms with Crippen LogP contribution >= 0.6 is 11.8 Å². The van der Waals surface area contributed by atoms with Crippen LogP contribution in [0.1, 0.15) is 42.2 Å². The third-order valence-corrected chi connectivity index (χ3v) is 4.79. The molecule has 0 radical (unpaired) electrons. The SMILES string of the molecule is CCSC1CCCC1NC(=O)c1cnc(C)cc1N. The minimum atomic E-state index is -0.0985. The first kappa shape index (κ1) is 14.2. The Morgan fingerprint density at radius 1 is 1.58 bits per heavy atom. The number of nitrogen functional groups attached to an aromatic ring is 1. The summed E-state index contributed by atoms with van der Waals surface area (Å²) in [6.07, 6.45) is 4.99. The summed E-state index contributed by atoms with van der Waals surface area (Å²) in [6.45, 7) is 4.02. The molecule has 1 saturated carbocycles. The molecule has 19 heavy (non-hydrogen) atoms. The van der Waals surface area contributed by atoms with E-state index in [9.17, 15) is 4.79 Å². The molecule has 1 aromatic rings. The van der Waals surface area contributed by atoms with Crippen molar-refractivity contribution in [2.24, 2.45) is 0 Å². The van der Waals surface area contributed by atoms with Crippen LogP contribution in [-0.4, -0.2) is 27.9 Å². The summed E-state index contributed by atoms with van der Waals surface area (Å²) in [5, 5.41) is 3.65. The van der Waals surface area contributed by atoms with Gasteiger partial charge in [-0.15, -0.1) is 0 Å². The molecule has 1 fully saturated rings. The molecular formula is C14H21N3OS. The van der Waals surface area contributed by atoms with Crippen molar-refractivity contribution in [3.8, 4) is 0 Å². The number of nitrogens with one attached hydrogen (secondary N) is 1. The minimum absolute atomic E-state index is 0.0985. The van der Waals surface area contributed by atoms with Gasteiger partial charge in [-0.05, 0) is 31.6 Å². The predicted octanol–water partition coefficient (Wildman–Crippen LogP) is 2.38. The zero-order valence-corrected chi connectivity index (χ0v) is 12.3. The van der Waals surface area contributed by atoms with Crippen LogP contribution in [0.15, 0.2) is 12.3 Å². The summed E-state index contributed by atoms with van der Waals surface area (Å²) in [6, 6.07) is 2.00. The Kier molecular flexibility index (Phi) is 4.69. The lowest BCUT2D eigenvalue weighted by Crippen LogP contribution is -2.39. The minimum Gasteiger partial charge on any atom is -0.398 e. The van der Waals surface area contributed by atoms with Gasteiger partial charge in [-0.1, -0.05) is 13.3 Å². The molecule has 2 atom stereocenters. The molecular weight excluding hydrogens is 258 g/mol. The Morgan fingerprint density at radius 2 is 2.37 bits per heavy atom. The first-order valence-corrected chi connectivity index (χ1v) is 7.81. The number of aromatic nitrogens is 1. The van der Waals surface area contributed by atoms with Crippen molar-refractivity contribution in [2.45, 2.75) is 44.4 Å². The fraction of sp³-hybridized carbons (Fsp3) is 0.571. The number of pyridine rings is 1. The fourth-order valence-electron chi connectivity index (χ4n) is 2.52. The second-order valence-corrected chi connectivity index (χ2v) is 6.43. The number of carbonyl (C=O) groups is 1. The summed E-state index contributed by atoms with van der Waals surface area (Å²) in [7, 11) is 0. The van der Waals surface area contributed by atoms with E-state index in [0.717, 1.165) is 17.9 Å². The van der Waals surface area contributed by atoms with Crippen LogP contribution in [0.25, 0.3) is 0 Å². The van der Waals surface area contributed by atoms with E-state index in [1.807, 2.05) is 18.7 Å². The maximum absolute atomic E-state index is 12.2. The number of rotatable bonds is 4. The van der Waals surface area contributed by atoms with Crippen LogP contribution in [0.3, 0.4) is 0 Å². The Labute approximate surface area is 118 Å². The van der Waals surface area contributed by atoms with E-state index in [0.29, 0.717) is 16.5 Å². The number of hydrogen-bond donors (Lipinski definition) is 2. The van der Waals surface area contributed by atoms with E-state index in [1.54, 1.807) is 12.3 Å². The molecule has 2 unspecified atom stereocenters. The number of carbonyl (C=O) groups excluding carboxylic acids is 1. The Bertz CT molecular complexity index is 464. The molecule has 3 N–H and O–H groups in total. The van der Waals surface area contributed by atoms with Crippen LogP contribution in [0, 0.1) is 6.92 Å². The van der Waals surface area contributed by atoms with Gasteiger partial charge in [0.05, 0.1) is 5.56 Å². The number of nitrogens with zero attached hydrogens (tertiary/aromatic N) is 1. The molecule has 1 aliphatic carbocycles. The molecule has 0 bridgehead atoms. The number of anilines is 1. The first-order chi connectivity index (χ1) is 9.11. The van der Waals surface area contributed by atoms with Gasteiger partial charge in [-0.2, -0.15) is 11.8 Å². The van der Waals surface area contributed by atoms with E-state index in [4.69, 9.17) is 5.73 Å². The van der Waals surface area contributed by atoms with E-state index in [-0.39, 0.29) is 11.9 Å². The van der Waals surface area contributed by atoms with E-state index in [1.165, 1.54) is 12.8 Å². The van der Waals surface area contributed by atoms with Crippen molar-refractivity contribution in [1.82, 2.24) is 10.3 Å². The van der Waals surface area contributed by atoms with Crippen molar-refractivity contribution >= 4 is 23.4 Å². The molecule has 1 heterocycles. The largest absolute Gasteiger partial charge is 0.398 e. The zero-order valence-electron chi connectivity index (χ0n) is 11.5. The van der Waals surface area contributed by atoms with Gasteiger partial charge >= 0.3 is 0 Å². The highest BCUT2D eigenvalue weighted by atomic mass is 32.2.